The third-order valence-corrected chi connectivity index (χ3v) is 4.52. The van der Waals surface area contributed by atoms with E-state index in [1.807, 2.05) is 61.1 Å². The minimum atomic E-state index is 0.656. The second-order valence-electron chi connectivity index (χ2n) is 5.18. The van der Waals surface area contributed by atoms with Gasteiger partial charge in [0.25, 0.3) is 0 Å². The van der Waals surface area contributed by atoms with Crippen LogP contribution >= 0.6 is 23.6 Å². The van der Waals surface area contributed by atoms with Crippen molar-refractivity contribution in [1.29, 1.82) is 0 Å². The van der Waals surface area contributed by atoms with Gasteiger partial charge in [0, 0.05) is 16.8 Å². The Hall–Kier alpha value is -2.25. The van der Waals surface area contributed by atoms with Crippen molar-refractivity contribution in [2.45, 2.75) is 20.8 Å². The molecule has 1 aromatic carbocycles. The fourth-order valence-electron chi connectivity index (χ4n) is 2.39. The molecule has 0 amide bonds. The van der Waals surface area contributed by atoms with Crippen LogP contribution in [0.1, 0.15) is 24.0 Å². The molecule has 0 saturated carbocycles. The quantitative estimate of drug-likeness (QED) is 0.418. The van der Waals surface area contributed by atoms with E-state index in [1.165, 1.54) is 11.3 Å². The summed E-state index contributed by atoms with van der Waals surface area (Å²) in [6, 6.07) is 10.0. The summed E-state index contributed by atoms with van der Waals surface area (Å²) in [5.41, 5.74) is 7.79. The molecule has 3 aromatic rings. The largest absolute Gasteiger partial charge is 0.334 e. The standard InChI is InChI=1S/C16H17N5S2/c1-10-9-23-15(17-10)20-19-12(3)14-11(2)18-16(22)21(14)13-7-5-4-6-8-13/h4-9H,1-3H3,(H,17,20)(H,18,22)/b19-12+. The third kappa shape index (κ3) is 3.25. The van der Waals surface area contributed by atoms with E-state index in [-0.39, 0.29) is 0 Å². The van der Waals surface area contributed by atoms with Gasteiger partial charge in [-0.2, -0.15) is 5.10 Å². The van der Waals surface area contributed by atoms with Gasteiger partial charge in [0.05, 0.1) is 17.1 Å². The summed E-state index contributed by atoms with van der Waals surface area (Å²) >= 11 is 7.00. The van der Waals surface area contributed by atoms with Gasteiger partial charge in [-0.3, -0.25) is 9.99 Å². The number of rotatable bonds is 4. The Morgan fingerprint density at radius 3 is 2.70 bits per heavy atom. The van der Waals surface area contributed by atoms with Gasteiger partial charge in [-0.25, -0.2) is 4.98 Å². The molecule has 2 aromatic heterocycles. The molecule has 0 fully saturated rings. The Kier molecular flexibility index (Phi) is 4.40. The van der Waals surface area contributed by atoms with Gasteiger partial charge in [0.1, 0.15) is 0 Å². The summed E-state index contributed by atoms with van der Waals surface area (Å²) in [7, 11) is 0. The first-order chi connectivity index (χ1) is 11.1. The van der Waals surface area contributed by atoms with Crippen molar-refractivity contribution in [3.63, 3.8) is 0 Å². The molecule has 0 saturated heterocycles. The normalized spacial score (nSPS) is 11.7. The number of hydrazone groups is 1. The zero-order valence-electron chi connectivity index (χ0n) is 13.1. The van der Waals surface area contributed by atoms with Crippen molar-refractivity contribution in [2.75, 3.05) is 5.43 Å². The van der Waals surface area contributed by atoms with E-state index < -0.39 is 0 Å². The lowest BCUT2D eigenvalue weighted by Crippen LogP contribution is -2.09. The number of aromatic nitrogens is 3. The van der Waals surface area contributed by atoms with Gasteiger partial charge in [-0.15, -0.1) is 11.3 Å². The molecule has 0 aliphatic carbocycles. The number of hydrogen-bond acceptors (Lipinski definition) is 5. The third-order valence-electron chi connectivity index (χ3n) is 3.37. The molecule has 118 valence electrons. The molecule has 0 bridgehead atoms. The van der Waals surface area contributed by atoms with Gasteiger partial charge >= 0.3 is 0 Å². The van der Waals surface area contributed by atoms with Gasteiger partial charge in [0.15, 0.2) is 4.77 Å². The van der Waals surface area contributed by atoms with Crippen molar-refractivity contribution in [3.8, 4) is 5.69 Å². The highest BCUT2D eigenvalue weighted by Crippen LogP contribution is 2.18. The molecular weight excluding hydrogens is 326 g/mol. The van der Waals surface area contributed by atoms with Crippen LogP contribution in [-0.2, 0) is 0 Å². The summed E-state index contributed by atoms with van der Waals surface area (Å²) in [4.78, 5) is 7.56. The van der Waals surface area contributed by atoms with Crippen LogP contribution in [-0.4, -0.2) is 20.2 Å². The molecule has 2 heterocycles. The van der Waals surface area contributed by atoms with E-state index in [4.69, 9.17) is 12.2 Å². The molecule has 3 rings (SSSR count). The van der Waals surface area contributed by atoms with Crippen LogP contribution < -0.4 is 5.43 Å². The molecule has 5 nitrogen and oxygen atoms in total. The maximum absolute atomic E-state index is 5.46. The Morgan fingerprint density at radius 1 is 1.30 bits per heavy atom. The first kappa shape index (κ1) is 15.6. The van der Waals surface area contributed by atoms with Gasteiger partial charge < -0.3 is 4.98 Å². The van der Waals surface area contributed by atoms with E-state index >= 15 is 0 Å². The number of para-hydroxylation sites is 1. The number of H-pyrrole nitrogens is 1. The molecular formula is C16H17N5S2. The molecule has 0 spiro atoms. The maximum atomic E-state index is 5.46. The van der Waals surface area contributed by atoms with Crippen molar-refractivity contribution in [1.82, 2.24) is 14.5 Å². The summed E-state index contributed by atoms with van der Waals surface area (Å²) in [5, 5.41) is 7.23. The van der Waals surface area contributed by atoms with Crippen LogP contribution in [0.25, 0.3) is 5.69 Å². The average molecular weight is 343 g/mol. The van der Waals surface area contributed by atoms with Crippen LogP contribution in [0.15, 0.2) is 40.8 Å². The molecule has 0 atom stereocenters. The SMILES string of the molecule is C/C(=N\Nc1nc(C)cs1)c1c(C)[nH]c(=S)n1-c1ccccc1. The number of nitrogens with zero attached hydrogens (tertiary/aromatic N) is 3. The Balaban J connectivity index is 2.00. The fourth-order valence-corrected chi connectivity index (χ4v) is 3.37. The molecule has 7 heteroatoms. The number of imidazole rings is 1. The molecule has 0 aliphatic rings. The number of hydrogen-bond donors (Lipinski definition) is 2. The number of aryl methyl sites for hydroxylation is 2. The minimum absolute atomic E-state index is 0.656. The first-order valence-electron chi connectivity index (χ1n) is 7.16. The maximum Gasteiger partial charge on any atom is 0.203 e. The van der Waals surface area contributed by atoms with Crippen LogP contribution in [0.5, 0.6) is 0 Å². The zero-order valence-corrected chi connectivity index (χ0v) is 14.8. The topological polar surface area (TPSA) is 58.0 Å². The number of nitrogens with one attached hydrogen (secondary N) is 2. The summed E-state index contributed by atoms with van der Waals surface area (Å²) < 4.78 is 2.65. The highest BCUT2D eigenvalue weighted by atomic mass is 32.1. The minimum Gasteiger partial charge on any atom is -0.334 e. The smallest absolute Gasteiger partial charge is 0.203 e. The second-order valence-corrected chi connectivity index (χ2v) is 6.42. The summed E-state index contributed by atoms with van der Waals surface area (Å²) in [5.74, 6) is 0. The van der Waals surface area contributed by atoms with E-state index in [1.54, 1.807) is 0 Å². The molecule has 0 unspecified atom stereocenters. The van der Waals surface area contributed by atoms with Crippen LogP contribution in [0.4, 0.5) is 5.13 Å². The van der Waals surface area contributed by atoms with Crippen LogP contribution in [0.2, 0.25) is 0 Å². The predicted molar refractivity (Wildman–Crippen MR) is 98.4 cm³/mol. The zero-order chi connectivity index (χ0) is 16.4. The van der Waals surface area contributed by atoms with Crippen LogP contribution in [0, 0.1) is 18.6 Å². The second kappa shape index (κ2) is 6.47. The Labute approximate surface area is 143 Å². The first-order valence-corrected chi connectivity index (χ1v) is 8.45. The lowest BCUT2D eigenvalue weighted by Gasteiger charge is -2.09. The lowest BCUT2D eigenvalue weighted by atomic mass is 10.2. The molecule has 23 heavy (non-hydrogen) atoms. The van der Waals surface area contributed by atoms with Crippen LogP contribution in [0.3, 0.4) is 0 Å². The number of aromatic amines is 1. The molecule has 0 radical (unpaired) electrons. The highest BCUT2D eigenvalue weighted by molar-refractivity contribution is 7.71. The fraction of sp³-hybridized carbons (Fsp3) is 0.188. The highest BCUT2D eigenvalue weighted by Gasteiger charge is 2.13. The van der Waals surface area contributed by atoms with Crippen molar-refractivity contribution >= 4 is 34.4 Å². The molecule has 2 N–H and O–H groups in total. The van der Waals surface area contributed by atoms with Gasteiger partial charge in [-0.05, 0) is 45.1 Å². The van der Waals surface area contributed by atoms with Crippen molar-refractivity contribution in [3.05, 3.63) is 57.6 Å². The monoisotopic (exact) mass is 343 g/mol. The number of anilines is 1. The molecule has 0 aliphatic heterocycles. The average Bonchev–Trinajstić information content (AvgIpc) is 3.08. The number of thiazole rings is 1. The van der Waals surface area contributed by atoms with Gasteiger partial charge in [0.2, 0.25) is 5.13 Å². The van der Waals surface area contributed by atoms with E-state index in [0.29, 0.717) is 4.77 Å². The Bertz CT molecular complexity index is 902. The van der Waals surface area contributed by atoms with E-state index in [9.17, 15) is 0 Å². The van der Waals surface area contributed by atoms with Crippen molar-refractivity contribution < 1.29 is 0 Å². The van der Waals surface area contributed by atoms with E-state index in [0.717, 1.165) is 33.6 Å². The Morgan fingerprint density at radius 2 is 2.04 bits per heavy atom. The lowest BCUT2D eigenvalue weighted by molar-refractivity contribution is 1.02. The van der Waals surface area contributed by atoms with Crippen molar-refractivity contribution in [2.24, 2.45) is 5.10 Å². The summed E-state index contributed by atoms with van der Waals surface area (Å²) in [6.45, 7) is 5.91. The number of benzene rings is 1. The van der Waals surface area contributed by atoms with E-state index in [2.05, 4.69) is 20.5 Å². The predicted octanol–water partition coefficient (Wildman–Crippen LogP) is 4.44. The van der Waals surface area contributed by atoms with Gasteiger partial charge in [-0.1, -0.05) is 18.2 Å². The summed E-state index contributed by atoms with van der Waals surface area (Å²) in [6.07, 6.45) is 0.